The molecule has 1 aromatic heterocycles. The summed E-state index contributed by atoms with van der Waals surface area (Å²) < 4.78 is 29.1. The highest BCUT2D eigenvalue weighted by molar-refractivity contribution is 7.89. The molecule has 0 radical (unpaired) electrons. The SMILES string of the molecule is Cn1cc(S(=O)(=O)NC2CCCc3cc(N)ccc32)cn1. The number of sulfonamides is 1. The topological polar surface area (TPSA) is 90.0 Å². The Balaban J connectivity index is 1.90. The summed E-state index contributed by atoms with van der Waals surface area (Å²) in [6, 6.07) is 5.45. The summed E-state index contributed by atoms with van der Waals surface area (Å²) in [6.07, 6.45) is 5.52. The summed E-state index contributed by atoms with van der Waals surface area (Å²) in [6.45, 7) is 0. The van der Waals surface area contributed by atoms with Gasteiger partial charge in [-0.2, -0.15) is 5.10 Å². The van der Waals surface area contributed by atoms with E-state index < -0.39 is 10.0 Å². The first kappa shape index (κ1) is 14.1. The highest BCUT2D eigenvalue weighted by Gasteiger charge is 2.26. The minimum Gasteiger partial charge on any atom is -0.399 e. The number of hydrogen-bond acceptors (Lipinski definition) is 4. The molecule has 21 heavy (non-hydrogen) atoms. The van der Waals surface area contributed by atoms with Crippen molar-refractivity contribution in [3.8, 4) is 0 Å². The summed E-state index contributed by atoms with van der Waals surface area (Å²) >= 11 is 0. The van der Waals surface area contributed by atoms with Gasteiger partial charge >= 0.3 is 0 Å². The monoisotopic (exact) mass is 306 g/mol. The van der Waals surface area contributed by atoms with Gasteiger partial charge in [-0.05, 0) is 42.5 Å². The van der Waals surface area contributed by atoms with Gasteiger partial charge < -0.3 is 5.73 Å². The van der Waals surface area contributed by atoms with Gasteiger partial charge in [-0.3, -0.25) is 4.68 Å². The zero-order chi connectivity index (χ0) is 15.0. The van der Waals surface area contributed by atoms with Crippen molar-refractivity contribution in [1.82, 2.24) is 14.5 Å². The number of aryl methyl sites for hydroxylation is 2. The predicted octanol–water partition coefficient (Wildman–Crippen LogP) is 1.36. The molecular formula is C14H18N4O2S. The average molecular weight is 306 g/mol. The molecule has 6 nitrogen and oxygen atoms in total. The Hall–Kier alpha value is -1.86. The summed E-state index contributed by atoms with van der Waals surface area (Å²) in [5.41, 5.74) is 8.65. The lowest BCUT2D eigenvalue weighted by atomic mass is 9.88. The number of fused-ring (bicyclic) bond motifs is 1. The molecule has 0 amide bonds. The van der Waals surface area contributed by atoms with Crippen molar-refractivity contribution in [2.45, 2.75) is 30.2 Å². The van der Waals surface area contributed by atoms with E-state index in [0.29, 0.717) is 5.69 Å². The number of benzene rings is 1. The van der Waals surface area contributed by atoms with Crippen LogP contribution in [0.25, 0.3) is 0 Å². The van der Waals surface area contributed by atoms with E-state index in [1.807, 2.05) is 18.2 Å². The Bertz CT molecular complexity index is 767. The fourth-order valence-electron chi connectivity index (χ4n) is 2.75. The lowest BCUT2D eigenvalue weighted by molar-refractivity contribution is 0.507. The van der Waals surface area contributed by atoms with Gasteiger partial charge in [-0.15, -0.1) is 0 Å². The Labute approximate surface area is 124 Å². The van der Waals surface area contributed by atoms with Crippen LogP contribution in [0.2, 0.25) is 0 Å². The van der Waals surface area contributed by atoms with E-state index >= 15 is 0 Å². The van der Waals surface area contributed by atoms with Crippen LogP contribution in [0.3, 0.4) is 0 Å². The van der Waals surface area contributed by atoms with Crippen molar-refractivity contribution in [3.05, 3.63) is 41.7 Å². The molecule has 0 fully saturated rings. The molecule has 0 saturated heterocycles. The number of nitrogens with two attached hydrogens (primary N) is 1. The molecule has 1 aliphatic rings. The van der Waals surface area contributed by atoms with Gasteiger partial charge in [0, 0.05) is 25.0 Å². The minimum absolute atomic E-state index is 0.188. The highest BCUT2D eigenvalue weighted by atomic mass is 32.2. The maximum absolute atomic E-state index is 12.4. The van der Waals surface area contributed by atoms with Crippen LogP contribution in [0.5, 0.6) is 0 Å². The zero-order valence-electron chi connectivity index (χ0n) is 11.8. The number of nitrogen functional groups attached to an aromatic ring is 1. The molecule has 0 saturated carbocycles. The lowest BCUT2D eigenvalue weighted by Crippen LogP contribution is -2.31. The van der Waals surface area contributed by atoms with Crippen molar-refractivity contribution in [2.75, 3.05) is 5.73 Å². The van der Waals surface area contributed by atoms with Gasteiger partial charge in [0.2, 0.25) is 10.0 Å². The molecule has 1 heterocycles. The summed E-state index contributed by atoms with van der Waals surface area (Å²) in [7, 11) is -1.86. The fourth-order valence-corrected chi connectivity index (χ4v) is 3.98. The third-order valence-electron chi connectivity index (χ3n) is 3.77. The third-order valence-corrected chi connectivity index (χ3v) is 5.20. The van der Waals surface area contributed by atoms with Crippen LogP contribution in [0.1, 0.15) is 30.0 Å². The fraction of sp³-hybridized carbons (Fsp3) is 0.357. The largest absolute Gasteiger partial charge is 0.399 e. The Morgan fingerprint density at radius 1 is 1.43 bits per heavy atom. The molecule has 1 aliphatic carbocycles. The summed E-state index contributed by atoms with van der Waals surface area (Å²) in [4.78, 5) is 0.188. The van der Waals surface area contributed by atoms with Gasteiger partial charge in [-0.1, -0.05) is 6.07 Å². The van der Waals surface area contributed by atoms with Crippen molar-refractivity contribution >= 4 is 15.7 Å². The number of aromatic nitrogens is 2. The second-order valence-electron chi connectivity index (χ2n) is 5.37. The van der Waals surface area contributed by atoms with E-state index in [1.165, 1.54) is 17.1 Å². The van der Waals surface area contributed by atoms with Crippen LogP contribution >= 0.6 is 0 Å². The van der Waals surface area contributed by atoms with Gasteiger partial charge in [0.15, 0.2) is 0 Å². The third kappa shape index (κ3) is 2.79. The van der Waals surface area contributed by atoms with Crippen molar-refractivity contribution in [2.24, 2.45) is 7.05 Å². The molecule has 1 unspecified atom stereocenters. The number of rotatable bonds is 3. The van der Waals surface area contributed by atoms with Crippen molar-refractivity contribution < 1.29 is 8.42 Å². The van der Waals surface area contributed by atoms with Crippen LogP contribution < -0.4 is 10.5 Å². The first-order valence-electron chi connectivity index (χ1n) is 6.85. The van der Waals surface area contributed by atoms with Crippen LogP contribution in [0.4, 0.5) is 5.69 Å². The van der Waals surface area contributed by atoms with Gasteiger partial charge in [0.25, 0.3) is 0 Å². The molecular weight excluding hydrogens is 288 g/mol. The zero-order valence-corrected chi connectivity index (χ0v) is 12.6. The van der Waals surface area contributed by atoms with E-state index in [0.717, 1.165) is 30.4 Å². The highest BCUT2D eigenvalue weighted by Crippen LogP contribution is 2.32. The van der Waals surface area contributed by atoms with E-state index in [2.05, 4.69) is 9.82 Å². The number of hydrogen-bond donors (Lipinski definition) is 2. The Kier molecular flexibility index (Phi) is 3.46. The van der Waals surface area contributed by atoms with E-state index in [9.17, 15) is 8.42 Å². The van der Waals surface area contributed by atoms with Gasteiger partial charge in [0.1, 0.15) is 4.90 Å². The normalized spacial score (nSPS) is 18.4. The minimum atomic E-state index is -3.56. The van der Waals surface area contributed by atoms with Gasteiger partial charge in [-0.25, -0.2) is 13.1 Å². The molecule has 3 rings (SSSR count). The van der Waals surface area contributed by atoms with Crippen LogP contribution in [0.15, 0.2) is 35.5 Å². The molecule has 7 heteroatoms. The van der Waals surface area contributed by atoms with E-state index in [-0.39, 0.29) is 10.9 Å². The smallest absolute Gasteiger partial charge is 0.244 e. The maximum Gasteiger partial charge on any atom is 0.244 e. The van der Waals surface area contributed by atoms with Gasteiger partial charge in [0.05, 0.1) is 6.20 Å². The Morgan fingerprint density at radius 3 is 2.95 bits per heavy atom. The second-order valence-corrected chi connectivity index (χ2v) is 7.09. The Morgan fingerprint density at radius 2 is 2.24 bits per heavy atom. The number of nitrogens with zero attached hydrogens (tertiary/aromatic N) is 2. The predicted molar refractivity (Wildman–Crippen MR) is 80.1 cm³/mol. The van der Waals surface area contributed by atoms with Crippen molar-refractivity contribution in [1.29, 1.82) is 0 Å². The summed E-state index contributed by atoms with van der Waals surface area (Å²) in [5, 5.41) is 3.91. The van der Waals surface area contributed by atoms with Crippen molar-refractivity contribution in [3.63, 3.8) is 0 Å². The lowest BCUT2D eigenvalue weighted by Gasteiger charge is -2.26. The number of nitrogens with one attached hydrogen (secondary N) is 1. The first-order chi connectivity index (χ1) is 9.95. The van der Waals surface area contributed by atoms with Crippen LogP contribution in [-0.4, -0.2) is 18.2 Å². The molecule has 0 bridgehead atoms. The molecule has 1 aromatic carbocycles. The van der Waals surface area contributed by atoms with Crippen LogP contribution in [0, 0.1) is 0 Å². The second kappa shape index (κ2) is 5.16. The molecule has 0 spiro atoms. The van der Waals surface area contributed by atoms with E-state index in [1.54, 1.807) is 7.05 Å². The first-order valence-corrected chi connectivity index (χ1v) is 8.33. The average Bonchev–Trinajstić information content (AvgIpc) is 2.86. The molecule has 3 N–H and O–H groups in total. The molecule has 2 aromatic rings. The summed E-state index contributed by atoms with van der Waals surface area (Å²) in [5.74, 6) is 0. The quantitative estimate of drug-likeness (QED) is 0.838. The maximum atomic E-state index is 12.4. The van der Waals surface area contributed by atoms with E-state index in [4.69, 9.17) is 5.73 Å². The molecule has 1 atom stereocenters. The van der Waals surface area contributed by atoms with Crippen LogP contribution in [-0.2, 0) is 23.5 Å². The number of anilines is 1. The molecule has 112 valence electrons. The molecule has 0 aliphatic heterocycles. The standard InChI is InChI=1S/C14H18N4O2S/c1-18-9-12(8-16-18)21(19,20)17-14-4-2-3-10-7-11(15)5-6-13(10)14/h5-9,14,17H,2-4,15H2,1H3.